The third-order valence-electron chi connectivity index (χ3n) is 3.51. The van der Waals surface area contributed by atoms with E-state index in [0.29, 0.717) is 12.2 Å². The van der Waals surface area contributed by atoms with Gasteiger partial charge >= 0.3 is 0 Å². The van der Waals surface area contributed by atoms with E-state index in [1.54, 1.807) is 18.5 Å². The highest BCUT2D eigenvalue weighted by Crippen LogP contribution is 2.14. The van der Waals surface area contributed by atoms with Crippen LogP contribution in [0.3, 0.4) is 0 Å². The van der Waals surface area contributed by atoms with Crippen molar-refractivity contribution in [1.82, 2.24) is 24.8 Å². The van der Waals surface area contributed by atoms with Gasteiger partial charge in [-0.25, -0.2) is 13.1 Å². The Morgan fingerprint density at radius 3 is 2.80 bits per heavy atom. The standard InChI is InChI=1S/C15H21N5O4S/c1-11(14-19-16-10-20(14)2)18-15(22)12-5-3-6-13(9-12)25(23,24)17-7-4-8-21/h3,5-6,9-11,17,21H,4,7-8H2,1-2H3,(H,18,22)/t11-/m1/s1. The zero-order chi connectivity index (χ0) is 18.4. The molecule has 0 radical (unpaired) electrons. The van der Waals surface area contributed by atoms with Crippen LogP contribution >= 0.6 is 0 Å². The summed E-state index contributed by atoms with van der Waals surface area (Å²) in [5, 5.41) is 19.2. The zero-order valence-electron chi connectivity index (χ0n) is 14.0. The first-order valence-corrected chi connectivity index (χ1v) is 9.19. The minimum absolute atomic E-state index is 0.00981. The number of hydrogen-bond acceptors (Lipinski definition) is 6. The smallest absolute Gasteiger partial charge is 0.251 e. The highest BCUT2D eigenvalue weighted by atomic mass is 32.2. The number of sulfonamides is 1. The van der Waals surface area contributed by atoms with E-state index < -0.39 is 15.9 Å². The Labute approximate surface area is 146 Å². The summed E-state index contributed by atoms with van der Waals surface area (Å²) in [5.74, 6) is 0.172. The summed E-state index contributed by atoms with van der Waals surface area (Å²) in [6.07, 6.45) is 1.85. The molecule has 0 saturated carbocycles. The molecule has 25 heavy (non-hydrogen) atoms. The summed E-state index contributed by atoms with van der Waals surface area (Å²) in [5.41, 5.74) is 0.221. The summed E-state index contributed by atoms with van der Waals surface area (Å²) in [4.78, 5) is 12.4. The first-order valence-electron chi connectivity index (χ1n) is 7.70. The van der Waals surface area contributed by atoms with E-state index in [0.717, 1.165) is 0 Å². The van der Waals surface area contributed by atoms with Crippen LogP contribution in [0, 0.1) is 0 Å². The molecular weight excluding hydrogens is 346 g/mol. The molecule has 0 bridgehead atoms. The Morgan fingerprint density at radius 1 is 1.40 bits per heavy atom. The number of aliphatic hydroxyl groups is 1. The van der Waals surface area contributed by atoms with Gasteiger partial charge in [0.1, 0.15) is 6.33 Å². The number of benzene rings is 1. The summed E-state index contributed by atoms with van der Waals surface area (Å²) in [6.45, 7) is 1.78. The number of nitrogens with one attached hydrogen (secondary N) is 2. The molecule has 0 aliphatic carbocycles. The van der Waals surface area contributed by atoms with E-state index in [-0.39, 0.29) is 29.7 Å². The second kappa shape index (κ2) is 8.19. The van der Waals surface area contributed by atoms with Crippen molar-refractivity contribution in [2.24, 2.45) is 7.05 Å². The van der Waals surface area contributed by atoms with Crippen LogP contribution in [0.15, 0.2) is 35.5 Å². The van der Waals surface area contributed by atoms with Gasteiger partial charge in [0.25, 0.3) is 5.91 Å². The van der Waals surface area contributed by atoms with Crippen LogP contribution in [0.1, 0.15) is 35.6 Å². The predicted molar refractivity (Wildman–Crippen MR) is 90.2 cm³/mol. The van der Waals surface area contributed by atoms with E-state index in [1.807, 2.05) is 0 Å². The van der Waals surface area contributed by atoms with Gasteiger partial charge in [0.05, 0.1) is 10.9 Å². The van der Waals surface area contributed by atoms with Gasteiger partial charge in [0.2, 0.25) is 10.0 Å². The molecule has 0 unspecified atom stereocenters. The van der Waals surface area contributed by atoms with Crippen molar-refractivity contribution in [3.63, 3.8) is 0 Å². The fraction of sp³-hybridized carbons (Fsp3) is 0.400. The van der Waals surface area contributed by atoms with Crippen molar-refractivity contribution in [2.45, 2.75) is 24.3 Å². The molecule has 0 saturated heterocycles. The Morgan fingerprint density at radius 2 is 2.16 bits per heavy atom. The van der Waals surface area contributed by atoms with Gasteiger partial charge in [-0.1, -0.05) is 6.07 Å². The van der Waals surface area contributed by atoms with Crippen molar-refractivity contribution in [3.8, 4) is 0 Å². The molecular formula is C15H21N5O4S. The van der Waals surface area contributed by atoms with Gasteiger partial charge in [0.15, 0.2) is 5.82 Å². The Balaban J connectivity index is 2.12. The minimum Gasteiger partial charge on any atom is -0.396 e. The highest BCUT2D eigenvalue weighted by Gasteiger charge is 2.18. The molecule has 1 aromatic heterocycles. The molecule has 1 heterocycles. The number of hydrogen-bond donors (Lipinski definition) is 3. The molecule has 2 aromatic rings. The van der Waals surface area contributed by atoms with Crippen LogP contribution in [0.4, 0.5) is 0 Å². The lowest BCUT2D eigenvalue weighted by atomic mass is 10.2. The maximum absolute atomic E-state index is 12.4. The topological polar surface area (TPSA) is 126 Å². The predicted octanol–water partition coefficient (Wildman–Crippen LogP) is -0.0332. The molecule has 0 spiro atoms. The molecule has 2 rings (SSSR count). The molecule has 3 N–H and O–H groups in total. The molecule has 9 nitrogen and oxygen atoms in total. The summed E-state index contributed by atoms with van der Waals surface area (Å²) in [7, 11) is -1.97. The van der Waals surface area contributed by atoms with E-state index in [4.69, 9.17) is 5.11 Å². The fourth-order valence-corrected chi connectivity index (χ4v) is 3.32. The number of nitrogens with zero attached hydrogens (tertiary/aromatic N) is 3. The monoisotopic (exact) mass is 367 g/mol. The van der Waals surface area contributed by atoms with Crippen molar-refractivity contribution in [2.75, 3.05) is 13.2 Å². The van der Waals surface area contributed by atoms with E-state index in [1.165, 1.54) is 30.6 Å². The lowest BCUT2D eigenvalue weighted by Crippen LogP contribution is -2.29. The first-order chi connectivity index (χ1) is 11.8. The van der Waals surface area contributed by atoms with Gasteiger partial charge in [-0.2, -0.15) is 0 Å². The first kappa shape index (κ1) is 19.0. The number of carbonyl (C=O) groups excluding carboxylic acids is 1. The number of aromatic nitrogens is 3. The fourth-order valence-electron chi connectivity index (χ4n) is 2.20. The largest absolute Gasteiger partial charge is 0.396 e. The maximum atomic E-state index is 12.4. The number of aryl methyl sites for hydroxylation is 1. The second-order valence-electron chi connectivity index (χ2n) is 5.50. The normalized spacial score (nSPS) is 12.8. The van der Waals surface area contributed by atoms with Gasteiger partial charge < -0.3 is 15.0 Å². The van der Waals surface area contributed by atoms with Crippen molar-refractivity contribution in [3.05, 3.63) is 42.0 Å². The van der Waals surface area contributed by atoms with Crippen LogP contribution in [-0.2, 0) is 17.1 Å². The van der Waals surface area contributed by atoms with Crippen LogP contribution in [-0.4, -0.2) is 47.3 Å². The number of aliphatic hydroxyl groups excluding tert-OH is 1. The summed E-state index contributed by atoms with van der Waals surface area (Å²) < 4.78 is 28.4. The van der Waals surface area contributed by atoms with Gasteiger partial charge in [0, 0.05) is 25.8 Å². The van der Waals surface area contributed by atoms with E-state index in [9.17, 15) is 13.2 Å². The van der Waals surface area contributed by atoms with Crippen LogP contribution in [0.2, 0.25) is 0 Å². The van der Waals surface area contributed by atoms with E-state index in [2.05, 4.69) is 20.2 Å². The Kier molecular flexibility index (Phi) is 6.23. The second-order valence-corrected chi connectivity index (χ2v) is 7.26. The van der Waals surface area contributed by atoms with Gasteiger partial charge in [-0.3, -0.25) is 4.79 Å². The molecule has 136 valence electrons. The molecule has 0 fully saturated rings. The quantitative estimate of drug-likeness (QED) is 0.562. The number of amides is 1. The number of rotatable bonds is 8. The van der Waals surface area contributed by atoms with Crippen LogP contribution < -0.4 is 10.0 Å². The lowest BCUT2D eigenvalue weighted by Gasteiger charge is -2.13. The number of carbonyl (C=O) groups is 1. The lowest BCUT2D eigenvalue weighted by molar-refractivity contribution is 0.0937. The van der Waals surface area contributed by atoms with Crippen molar-refractivity contribution in [1.29, 1.82) is 0 Å². The average molecular weight is 367 g/mol. The van der Waals surface area contributed by atoms with Crippen LogP contribution in [0.5, 0.6) is 0 Å². The van der Waals surface area contributed by atoms with E-state index >= 15 is 0 Å². The zero-order valence-corrected chi connectivity index (χ0v) is 14.8. The summed E-state index contributed by atoms with van der Waals surface area (Å²) in [6, 6.07) is 5.36. The van der Waals surface area contributed by atoms with Crippen LogP contribution in [0.25, 0.3) is 0 Å². The average Bonchev–Trinajstić information content (AvgIpc) is 3.01. The molecule has 1 atom stereocenters. The highest BCUT2D eigenvalue weighted by molar-refractivity contribution is 7.89. The van der Waals surface area contributed by atoms with Gasteiger partial charge in [-0.05, 0) is 31.5 Å². The minimum atomic E-state index is -3.73. The third kappa shape index (κ3) is 4.84. The maximum Gasteiger partial charge on any atom is 0.251 e. The summed E-state index contributed by atoms with van der Waals surface area (Å²) >= 11 is 0. The van der Waals surface area contributed by atoms with Crippen molar-refractivity contribution >= 4 is 15.9 Å². The Bertz CT molecular complexity index is 834. The van der Waals surface area contributed by atoms with Gasteiger partial charge in [-0.15, -0.1) is 10.2 Å². The molecule has 1 aromatic carbocycles. The van der Waals surface area contributed by atoms with Crippen molar-refractivity contribution < 1.29 is 18.3 Å². The SMILES string of the molecule is C[C@@H](NC(=O)c1cccc(S(=O)(=O)NCCCO)c1)c1nncn1C. The third-order valence-corrected chi connectivity index (χ3v) is 4.97. The molecule has 10 heteroatoms. The molecule has 0 aliphatic rings. The Hall–Kier alpha value is -2.30. The molecule has 0 aliphatic heterocycles. The molecule has 1 amide bonds.